The van der Waals surface area contributed by atoms with Crippen molar-refractivity contribution < 1.29 is 0 Å². The fourth-order valence-electron chi connectivity index (χ4n) is 4.04. The Kier molecular flexibility index (Phi) is 3.47. The SMILES string of the molecule is c1ccc(CC2CSC(=NC3CC4CCC3C4)N2)cc1. The molecule has 1 heterocycles. The van der Waals surface area contributed by atoms with Gasteiger partial charge in [0.05, 0.1) is 6.04 Å². The standard InChI is InChI=1S/C17H22N2S/c1-2-4-12(5-3-1)9-15-11-20-17(18-15)19-16-10-13-6-7-14(16)8-13/h1-5,13-16H,6-11H2,(H,18,19). The topological polar surface area (TPSA) is 24.4 Å². The molecular formula is C17H22N2S. The van der Waals surface area contributed by atoms with Gasteiger partial charge in [-0.05, 0) is 43.1 Å². The predicted octanol–water partition coefficient (Wildman–Crippen LogP) is 3.48. The van der Waals surface area contributed by atoms with Gasteiger partial charge >= 0.3 is 0 Å². The molecule has 2 bridgehead atoms. The zero-order valence-electron chi connectivity index (χ0n) is 11.8. The van der Waals surface area contributed by atoms with Crippen molar-refractivity contribution in [3.05, 3.63) is 35.9 Å². The largest absolute Gasteiger partial charge is 0.361 e. The van der Waals surface area contributed by atoms with E-state index in [9.17, 15) is 0 Å². The van der Waals surface area contributed by atoms with Gasteiger partial charge in [0.1, 0.15) is 0 Å². The summed E-state index contributed by atoms with van der Waals surface area (Å²) in [5, 5.41) is 4.85. The van der Waals surface area contributed by atoms with Gasteiger partial charge in [-0.2, -0.15) is 0 Å². The number of benzene rings is 1. The van der Waals surface area contributed by atoms with E-state index >= 15 is 0 Å². The summed E-state index contributed by atoms with van der Waals surface area (Å²) >= 11 is 1.92. The van der Waals surface area contributed by atoms with Gasteiger partial charge in [-0.3, -0.25) is 4.99 Å². The Morgan fingerprint density at radius 1 is 1.15 bits per heavy atom. The number of hydrogen-bond acceptors (Lipinski definition) is 2. The summed E-state index contributed by atoms with van der Waals surface area (Å²) in [7, 11) is 0. The summed E-state index contributed by atoms with van der Waals surface area (Å²) in [5.41, 5.74) is 1.42. The van der Waals surface area contributed by atoms with Crippen LogP contribution in [0.4, 0.5) is 0 Å². The minimum absolute atomic E-state index is 0.555. The van der Waals surface area contributed by atoms with Crippen LogP contribution in [-0.2, 0) is 6.42 Å². The second kappa shape index (κ2) is 5.44. The summed E-state index contributed by atoms with van der Waals surface area (Å²) in [6, 6.07) is 12.0. The van der Waals surface area contributed by atoms with Crippen LogP contribution in [0.3, 0.4) is 0 Å². The van der Waals surface area contributed by atoms with Crippen molar-refractivity contribution >= 4 is 16.9 Å². The number of nitrogens with zero attached hydrogens (tertiary/aromatic N) is 1. The molecule has 2 aliphatic carbocycles. The molecule has 0 spiro atoms. The van der Waals surface area contributed by atoms with Gasteiger partial charge in [0.25, 0.3) is 0 Å². The smallest absolute Gasteiger partial charge is 0.157 e. The summed E-state index contributed by atoms with van der Waals surface area (Å²) in [4.78, 5) is 5.02. The van der Waals surface area contributed by atoms with Gasteiger partial charge in [-0.1, -0.05) is 48.5 Å². The van der Waals surface area contributed by atoms with E-state index in [4.69, 9.17) is 4.99 Å². The quantitative estimate of drug-likeness (QED) is 0.920. The van der Waals surface area contributed by atoms with Gasteiger partial charge in [0.2, 0.25) is 0 Å². The third-order valence-electron chi connectivity index (χ3n) is 5.06. The van der Waals surface area contributed by atoms with Crippen LogP contribution in [-0.4, -0.2) is 23.0 Å². The van der Waals surface area contributed by atoms with Crippen molar-refractivity contribution in [3.8, 4) is 0 Å². The van der Waals surface area contributed by atoms with Crippen molar-refractivity contribution in [2.75, 3.05) is 5.75 Å². The van der Waals surface area contributed by atoms with Gasteiger partial charge < -0.3 is 5.32 Å². The summed E-state index contributed by atoms with van der Waals surface area (Å²) < 4.78 is 0. The lowest BCUT2D eigenvalue weighted by atomic mass is 9.96. The first-order chi connectivity index (χ1) is 9.87. The van der Waals surface area contributed by atoms with Crippen molar-refractivity contribution in [2.24, 2.45) is 16.8 Å². The molecule has 1 aliphatic heterocycles. The second-order valence-corrected chi connectivity index (χ2v) is 7.53. The molecule has 1 N–H and O–H groups in total. The van der Waals surface area contributed by atoms with E-state index in [1.54, 1.807) is 0 Å². The molecule has 106 valence electrons. The third kappa shape index (κ3) is 2.60. The lowest BCUT2D eigenvalue weighted by molar-refractivity contribution is 0.420. The normalized spacial score (nSPS) is 37.5. The number of rotatable bonds is 3. The van der Waals surface area contributed by atoms with Crippen LogP contribution in [0.25, 0.3) is 0 Å². The van der Waals surface area contributed by atoms with E-state index in [0.29, 0.717) is 12.1 Å². The highest BCUT2D eigenvalue weighted by molar-refractivity contribution is 8.14. The molecule has 4 unspecified atom stereocenters. The highest BCUT2D eigenvalue weighted by Crippen LogP contribution is 2.46. The lowest BCUT2D eigenvalue weighted by Crippen LogP contribution is -2.30. The van der Waals surface area contributed by atoms with Crippen molar-refractivity contribution in [1.29, 1.82) is 0 Å². The highest BCUT2D eigenvalue weighted by Gasteiger charge is 2.40. The van der Waals surface area contributed by atoms with Crippen LogP contribution < -0.4 is 5.32 Å². The molecule has 1 aromatic rings. The zero-order valence-corrected chi connectivity index (χ0v) is 12.6. The zero-order chi connectivity index (χ0) is 13.4. The fourth-order valence-corrected chi connectivity index (χ4v) is 5.06. The number of fused-ring (bicyclic) bond motifs is 2. The van der Waals surface area contributed by atoms with Crippen LogP contribution in [0.15, 0.2) is 35.3 Å². The summed E-state index contributed by atoms with van der Waals surface area (Å²) in [6.45, 7) is 0. The maximum absolute atomic E-state index is 5.02. The molecule has 4 atom stereocenters. The second-order valence-electron chi connectivity index (χ2n) is 6.52. The molecule has 3 aliphatic rings. The van der Waals surface area contributed by atoms with Crippen molar-refractivity contribution in [1.82, 2.24) is 5.32 Å². The van der Waals surface area contributed by atoms with Crippen LogP contribution in [0.1, 0.15) is 31.2 Å². The molecule has 0 aromatic heterocycles. The summed E-state index contributed by atoms with van der Waals surface area (Å²) in [5.74, 6) is 3.04. The van der Waals surface area contributed by atoms with E-state index in [1.165, 1.54) is 36.4 Å². The lowest BCUT2D eigenvalue weighted by Gasteiger charge is -2.18. The Morgan fingerprint density at radius 2 is 2.05 bits per heavy atom. The number of nitrogens with one attached hydrogen (secondary N) is 1. The molecule has 1 saturated heterocycles. The fraction of sp³-hybridized carbons (Fsp3) is 0.588. The number of aliphatic imine (C=N–C) groups is 1. The minimum atomic E-state index is 0.555. The van der Waals surface area contributed by atoms with Crippen molar-refractivity contribution in [3.63, 3.8) is 0 Å². The molecule has 3 heteroatoms. The number of thioether (sulfide) groups is 1. The minimum Gasteiger partial charge on any atom is -0.361 e. The molecule has 0 radical (unpaired) electrons. The van der Waals surface area contributed by atoms with E-state index in [0.717, 1.165) is 24.0 Å². The highest BCUT2D eigenvalue weighted by atomic mass is 32.2. The van der Waals surface area contributed by atoms with Crippen LogP contribution in [0.2, 0.25) is 0 Å². The molecular weight excluding hydrogens is 264 g/mol. The maximum Gasteiger partial charge on any atom is 0.157 e. The van der Waals surface area contributed by atoms with E-state index < -0.39 is 0 Å². The van der Waals surface area contributed by atoms with Gasteiger partial charge in [0.15, 0.2) is 5.17 Å². The van der Waals surface area contributed by atoms with E-state index in [1.807, 2.05) is 11.8 Å². The molecule has 2 saturated carbocycles. The van der Waals surface area contributed by atoms with Crippen LogP contribution in [0, 0.1) is 11.8 Å². The molecule has 1 aromatic carbocycles. The molecule has 3 fully saturated rings. The first-order valence-corrected chi connectivity index (χ1v) is 8.86. The van der Waals surface area contributed by atoms with Crippen LogP contribution in [0.5, 0.6) is 0 Å². The molecule has 4 rings (SSSR count). The van der Waals surface area contributed by atoms with Gasteiger partial charge in [-0.15, -0.1) is 0 Å². The Morgan fingerprint density at radius 3 is 2.80 bits per heavy atom. The molecule has 0 amide bonds. The Bertz CT molecular complexity index is 499. The van der Waals surface area contributed by atoms with Gasteiger partial charge in [0, 0.05) is 11.8 Å². The number of amidine groups is 1. The van der Waals surface area contributed by atoms with Crippen LogP contribution >= 0.6 is 11.8 Å². The average molecular weight is 286 g/mol. The molecule has 20 heavy (non-hydrogen) atoms. The maximum atomic E-state index is 5.02. The Hall–Kier alpha value is -0.960. The van der Waals surface area contributed by atoms with E-state index in [2.05, 4.69) is 35.6 Å². The predicted molar refractivity (Wildman–Crippen MR) is 86.2 cm³/mol. The average Bonchev–Trinajstić information content (AvgIpc) is 3.17. The third-order valence-corrected chi connectivity index (χ3v) is 6.12. The summed E-state index contributed by atoms with van der Waals surface area (Å²) in [6.07, 6.45) is 6.79. The number of hydrogen-bond donors (Lipinski definition) is 1. The monoisotopic (exact) mass is 286 g/mol. The first kappa shape index (κ1) is 12.8. The Balaban J connectivity index is 1.36. The van der Waals surface area contributed by atoms with Gasteiger partial charge in [-0.25, -0.2) is 0 Å². The van der Waals surface area contributed by atoms with Crippen molar-refractivity contribution in [2.45, 2.75) is 44.2 Å². The Labute approximate surface area is 125 Å². The first-order valence-electron chi connectivity index (χ1n) is 7.88. The molecule has 2 nitrogen and oxygen atoms in total. The van der Waals surface area contributed by atoms with E-state index in [-0.39, 0.29) is 0 Å².